The summed E-state index contributed by atoms with van der Waals surface area (Å²) in [5, 5.41) is 6.52. The summed E-state index contributed by atoms with van der Waals surface area (Å²) in [4.78, 5) is 15.2. The monoisotopic (exact) mass is 278 g/mol. The van der Waals surface area contributed by atoms with Gasteiger partial charge in [-0.25, -0.2) is 0 Å². The van der Waals surface area contributed by atoms with Gasteiger partial charge in [0.05, 0.1) is 0 Å². The second kappa shape index (κ2) is 6.72. The Bertz CT molecular complexity index is 434. The van der Waals surface area contributed by atoms with Crippen LogP contribution < -0.4 is 15.5 Å². The second-order valence-electron chi connectivity index (χ2n) is 5.63. The Hall–Kier alpha value is -1.59. The second-order valence-corrected chi connectivity index (χ2v) is 5.63. The summed E-state index contributed by atoms with van der Waals surface area (Å²) in [6, 6.07) is 0.482. The van der Waals surface area contributed by atoms with Gasteiger partial charge < -0.3 is 15.5 Å². The SMILES string of the molecule is CCC1CCCCC1Nc1nc(NC)nc(N(C)C)n1. The van der Waals surface area contributed by atoms with Crippen molar-refractivity contribution in [3.05, 3.63) is 0 Å². The summed E-state index contributed by atoms with van der Waals surface area (Å²) in [6.45, 7) is 2.27. The Morgan fingerprint density at radius 3 is 2.45 bits per heavy atom. The van der Waals surface area contributed by atoms with Gasteiger partial charge >= 0.3 is 0 Å². The molecule has 2 unspecified atom stereocenters. The molecule has 0 bridgehead atoms. The van der Waals surface area contributed by atoms with Gasteiger partial charge in [-0.1, -0.05) is 26.2 Å². The molecule has 0 aliphatic heterocycles. The maximum absolute atomic E-state index is 4.50. The maximum Gasteiger partial charge on any atom is 0.231 e. The third-order valence-corrected chi connectivity index (χ3v) is 4.00. The van der Waals surface area contributed by atoms with Gasteiger partial charge in [-0.05, 0) is 18.8 Å². The van der Waals surface area contributed by atoms with Gasteiger partial charge in [0.15, 0.2) is 0 Å². The molecule has 6 nitrogen and oxygen atoms in total. The van der Waals surface area contributed by atoms with Crippen molar-refractivity contribution in [3.8, 4) is 0 Å². The quantitative estimate of drug-likeness (QED) is 0.862. The minimum Gasteiger partial charge on any atom is -0.357 e. The average molecular weight is 278 g/mol. The number of nitrogens with one attached hydrogen (secondary N) is 2. The third kappa shape index (κ3) is 3.49. The van der Waals surface area contributed by atoms with Crippen molar-refractivity contribution < 1.29 is 0 Å². The van der Waals surface area contributed by atoms with E-state index in [9.17, 15) is 0 Å². The predicted octanol–water partition coefficient (Wildman–Crippen LogP) is 2.36. The van der Waals surface area contributed by atoms with E-state index in [4.69, 9.17) is 0 Å². The molecule has 1 aliphatic rings. The van der Waals surface area contributed by atoms with E-state index in [0.29, 0.717) is 23.9 Å². The van der Waals surface area contributed by atoms with E-state index in [1.807, 2.05) is 26.0 Å². The van der Waals surface area contributed by atoms with E-state index < -0.39 is 0 Å². The van der Waals surface area contributed by atoms with Crippen LogP contribution in [0.15, 0.2) is 0 Å². The molecule has 1 fully saturated rings. The van der Waals surface area contributed by atoms with Gasteiger partial charge in [-0.2, -0.15) is 15.0 Å². The Balaban J connectivity index is 2.16. The summed E-state index contributed by atoms with van der Waals surface area (Å²) in [5.74, 6) is 2.69. The van der Waals surface area contributed by atoms with Crippen molar-refractivity contribution in [2.45, 2.75) is 45.1 Å². The molecule has 0 spiro atoms. The van der Waals surface area contributed by atoms with Gasteiger partial charge in [-0.15, -0.1) is 0 Å². The van der Waals surface area contributed by atoms with E-state index in [0.717, 1.165) is 5.92 Å². The maximum atomic E-state index is 4.50. The van der Waals surface area contributed by atoms with E-state index >= 15 is 0 Å². The van der Waals surface area contributed by atoms with Gasteiger partial charge in [0, 0.05) is 27.2 Å². The predicted molar refractivity (Wildman–Crippen MR) is 83.4 cm³/mol. The summed E-state index contributed by atoms with van der Waals surface area (Å²) in [7, 11) is 5.70. The Morgan fingerprint density at radius 2 is 1.80 bits per heavy atom. The molecule has 0 saturated heterocycles. The highest BCUT2D eigenvalue weighted by atomic mass is 15.3. The van der Waals surface area contributed by atoms with Gasteiger partial charge in [0.1, 0.15) is 0 Å². The molecular formula is C14H26N6. The van der Waals surface area contributed by atoms with Crippen molar-refractivity contribution in [2.75, 3.05) is 36.7 Å². The molecular weight excluding hydrogens is 252 g/mol. The van der Waals surface area contributed by atoms with Crippen LogP contribution in [0.1, 0.15) is 39.0 Å². The molecule has 6 heteroatoms. The number of hydrogen-bond acceptors (Lipinski definition) is 6. The van der Waals surface area contributed by atoms with Gasteiger partial charge in [0.2, 0.25) is 17.8 Å². The number of anilines is 3. The van der Waals surface area contributed by atoms with Gasteiger partial charge in [0.25, 0.3) is 0 Å². The zero-order chi connectivity index (χ0) is 14.5. The van der Waals surface area contributed by atoms with Crippen molar-refractivity contribution in [2.24, 2.45) is 5.92 Å². The standard InChI is InChI=1S/C14H26N6/c1-5-10-8-6-7-9-11(10)16-13-17-12(15-2)18-14(19-13)20(3)4/h10-11H,5-9H2,1-4H3,(H2,15,16,17,18,19). The van der Waals surface area contributed by atoms with E-state index in [-0.39, 0.29) is 0 Å². The smallest absolute Gasteiger partial charge is 0.231 e. The summed E-state index contributed by atoms with van der Waals surface area (Å²) in [5.41, 5.74) is 0. The first-order chi connectivity index (χ1) is 9.63. The molecule has 2 rings (SSSR count). The van der Waals surface area contributed by atoms with Crippen LogP contribution in [0.5, 0.6) is 0 Å². The summed E-state index contributed by atoms with van der Waals surface area (Å²) >= 11 is 0. The number of nitrogens with zero attached hydrogens (tertiary/aromatic N) is 4. The zero-order valence-electron chi connectivity index (χ0n) is 13.0. The molecule has 112 valence electrons. The molecule has 1 saturated carbocycles. The Kier molecular flexibility index (Phi) is 4.98. The van der Waals surface area contributed by atoms with Crippen molar-refractivity contribution in [1.29, 1.82) is 0 Å². The van der Waals surface area contributed by atoms with Crippen LogP contribution in [-0.4, -0.2) is 42.1 Å². The molecule has 0 aromatic carbocycles. The highest BCUT2D eigenvalue weighted by Crippen LogP contribution is 2.29. The molecule has 20 heavy (non-hydrogen) atoms. The fraction of sp³-hybridized carbons (Fsp3) is 0.786. The van der Waals surface area contributed by atoms with E-state index in [2.05, 4.69) is 32.5 Å². The fourth-order valence-electron chi connectivity index (χ4n) is 2.79. The van der Waals surface area contributed by atoms with Crippen molar-refractivity contribution >= 4 is 17.8 Å². The van der Waals surface area contributed by atoms with E-state index in [1.54, 1.807) is 0 Å². The highest BCUT2D eigenvalue weighted by Gasteiger charge is 2.24. The van der Waals surface area contributed by atoms with Crippen LogP contribution in [0.2, 0.25) is 0 Å². The molecule has 0 amide bonds. The molecule has 2 atom stereocenters. The minimum absolute atomic E-state index is 0.482. The van der Waals surface area contributed by atoms with Crippen LogP contribution in [-0.2, 0) is 0 Å². The first kappa shape index (κ1) is 14.8. The van der Waals surface area contributed by atoms with Crippen LogP contribution in [0, 0.1) is 5.92 Å². The molecule has 1 aromatic heterocycles. The number of aromatic nitrogens is 3. The molecule has 0 radical (unpaired) electrons. The highest BCUT2D eigenvalue weighted by molar-refractivity contribution is 5.43. The largest absolute Gasteiger partial charge is 0.357 e. The lowest BCUT2D eigenvalue weighted by atomic mass is 9.83. The number of hydrogen-bond donors (Lipinski definition) is 2. The summed E-state index contributed by atoms with van der Waals surface area (Å²) in [6.07, 6.45) is 6.36. The van der Waals surface area contributed by atoms with Crippen molar-refractivity contribution in [1.82, 2.24) is 15.0 Å². The normalized spacial score (nSPS) is 22.4. The molecule has 1 heterocycles. The Labute approximate surface area is 121 Å². The number of rotatable bonds is 5. The topological polar surface area (TPSA) is 66.0 Å². The van der Waals surface area contributed by atoms with Crippen molar-refractivity contribution in [3.63, 3.8) is 0 Å². The van der Waals surface area contributed by atoms with E-state index in [1.165, 1.54) is 32.1 Å². The third-order valence-electron chi connectivity index (χ3n) is 4.00. The first-order valence-electron chi connectivity index (χ1n) is 7.51. The van der Waals surface area contributed by atoms with Crippen LogP contribution in [0.3, 0.4) is 0 Å². The lowest BCUT2D eigenvalue weighted by molar-refractivity contribution is 0.316. The lowest BCUT2D eigenvalue weighted by Gasteiger charge is -2.31. The molecule has 2 N–H and O–H groups in total. The Morgan fingerprint density at radius 1 is 1.10 bits per heavy atom. The average Bonchev–Trinajstić information content (AvgIpc) is 2.47. The fourth-order valence-corrected chi connectivity index (χ4v) is 2.79. The minimum atomic E-state index is 0.482. The molecule has 1 aliphatic carbocycles. The lowest BCUT2D eigenvalue weighted by Crippen LogP contribution is -2.33. The van der Waals surface area contributed by atoms with Crippen LogP contribution in [0.4, 0.5) is 17.8 Å². The zero-order valence-corrected chi connectivity index (χ0v) is 13.0. The van der Waals surface area contributed by atoms with Crippen LogP contribution in [0.25, 0.3) is 0 Å². The van der Waals surface area contributed by atoms with Crippen LogP contribution >= 0.6 is 0 Å². The summed E-state index contributed by atoms with van der Waals surface area (Å²) < 4.78 is 0. The van der Waals surface area contributed by atoms with Gasteiger partial charge in [-0.3, -0.25) is 0 Å². The molecule has 1 aromatic rings. The first-order valence-corrected chi connectivity index (χ1v) is 7.51.